The van der Waals surface area contributed by atoms with Gasteiger partial charge in [-0.25, -0.2) is 0 Å². The van der Waals surface area contributed by atoms with Crippen molar-refractivity contribution >= 4 is 17.5 Å². The van der Waals surface area contributed by atoms with Crippen LogP contribution in [0.4, 0.5) is 5.69 Å². The fourth-order valence-electron chi connectivity index (χ4n) is 4.73. The molecule has 1 saturated carbocycles. The van der Waals surface area contributed by atoms with E-state index in [4.69, 9.17) is 9.47 Å². The zero-order valence-corrected chi connectivity index (χ0v) is 16.9. The van der Waals surface area contributed by atoms with Gasteiger partial charge < -0.3 is 19.7 Å². The molecule has 0 unspecified atom stereocenters. The number of carbonyl (C=O) groups is 2. The van der Waals surface area contributed by atoms with Crippen molar-refractivity contribution in [3.05, 3.63) is 54.1 Å². The van der Waals surface area contributed by atoms with Crippen LogP contribution in [0.1, 0.15) is 31.2 Å². The summed E-state index contributed by atoms with van der Waals surface area (Å²) in [4.78, 5) is 27.2. The van der Waals surface area contributed by atoms with E-state index < -0.39 is 0 Å². The number of likely N-dealkylation sites (tertiary alicyclic amines) is 1. The smallest absolute Gasteiger partial charge is 0.231 e. The monoisotopic (exact) mass is 406 g/mol. The minimum absolute atomic E-state index is 0.0728. The highest BCUT2D eigenvalue weighted by atomic mass is 16.7. The molecule has 2 heterocycles. The van der Waals surface area contributed by atoms with Crippen molar-refractivity contribution in [2.75, 3.05) is 25.2 Å². The third-order valence-corrected chi connectivity index (χ3v) is 6.72. The lowest BCUT2D eigenvalue weighted by Gasteiger charge is -2.33. The number of rotatable bonds is 5. The van der Waals surface area contributed by atoms with Gasteiger partial charge in [-0.3, -0.25) is 9.59 Å². The molecule has 1 N–H and O–H groups in total. The average molecular weight is 406 g/mol. The molecule has 2 fully saturated rings. The number of hydrogen-bond acceptors (Lipinski definition) is 4. The van der Waals surface area contributed by atoms with E-state index in [1.165, 1.54) is 0 Å². The standard InChI is InChI=1S/C24H26N2O4/c27-22(9-7-17-6-8-20-21(14-17)30-16-29-20)26-12-10-24(11-13-26)15-19(24)23(28)25-18-4-2-1-3-5-18/h1-6,8,14,19H,7,9-13,15-16H2,(H,25,28)/t19-/m0/s1. The summed E-state index contributed by atoms with van der Waals surface area (Å²) in [6.45, 7) is 1.75. The molecule has 2 aromatic carbocycles. The number of nitrogens with zero attached hydrogens (tertiary/aromatic N) is 1. The van der Waals surface area contributed by atoms with Crippen molar-refractivity contribution in [2.45, 2.75) is 32.1 Å². The van der Waals surface area contributed by atoms with E-state index in [2.05, 4.69) is 5.32 Å². The van der Waals surface area contributed by atoms with E-state index in [9.17, 15) is 9.59 Å². The van der Waals surface area contributed by atoms with E-state index in [0.29, 0.717) is 12.8 Å². The molecule has 2 aliphatic heterocycles. The molecule has 2 aromatic rings. The van der Waals surface area contributed by atoms with Gasteiger partial charge in [-0.15, -0.1) is 0 Å². The fraction of sp³-hybridized carbons (Fsp3) is 0.417. The van der Waals surface area contributed by atoms with E-state index >= 15 is 0 Å². The number of carbonyl (C=O) groups excluding carboxylic acids is 2. The van der Waals surface area contributed by atoms with Crippen LogP contribution >= 0.6 is 0 Å². The Morgan fingerprint density at radius 1 is 1.03 bits per heavy atom. The number of anilines is 1. The topological polar surface area (TPSA) is 67.9 Å². The minimum Gasteiger partial charge on any atom is -0.454 e. The Balaban J connectivity index is 1.09. The second-order valence-corrected chi connectivity index (χ2v) is 8.54. The van der Waals surface area contributed by atoms with Crippen LogP contribution in [-0.2, 0) is 16.0 Å². The second kappa shape index (κ2) is 7.67. The Morgan fingerprint density at radius 2 is 1.80 bits per heavy atom. The summed E-state index contributed by atoms with van der Waals surface area (Å²) in [5, 5.41) is 3.03. The molecule has 1 aliphatic carbocycles. The molecule has 0 bridgehead atoms. The SMILES string of the molecule is O=C(Nc1ccccc1)[C@@H]1CC12CCN(C(=O)CCc1ccc3c(c1)OCO3)CC2. The number of benzene rings is 2. The maximum absolute atomic E-state index is 12.7. The summed E-state index contributed by atoms with van der Waals surface area (Å²) >= 11 is 0. The molecule has 1 spiro atoms. The molecule has 5 rings (SSSR count). The van der Waals surface area contributed by atoms with Gasteiger partial charge in [0.25, 0.3) is 0 Å². The van der Waals surface area contributed by atoms with Gasteiger partial charge in [-0.05, 0) is 60.9 Å². The zero-order chi connectivity index (χ0) is 20.6. The number of amides is 2. The van der Waals surface area contributed by atoms with Gasteiger partial charge in [0.1, 0.15) is 0 Å². The first-order valence-electron chi connectivity index (χ1n) is 10.7. The number of hydrogen-bond donors (Lipinski definition) is 1. The molecule has 2 amide bonds. The van der Waals surface area contributed by atoms with Crippen molar-refractivity contribution in [2.24, 2.45) is 11.3 Å². The maximum atomic E-state index is 12.7. The molecule has 3 aliphatic rings. The van der Waals surface area contributed by atoms with E-state index in [1.807, 2.05) is 53.4 Å². The molecular weight excluding hydrogens is 380 g/mol. The Kier molecular flexibility index (Phi) is 4.85. The largest absolute Gasteiger partial charge is 0.454 e. The second-order valence-electron chi connectivity index (χ2n) is 8.54. The first-order chi connectivity index (χ1) is 14.6. The van der Waals surface area contributed by atoms with Crippen molar-refractivity contribution in [3.8, 4) is 11.5 Å². The van der Waals surface area contributed by atoms with Crippen LogP contribution in [0.25, 0.3) is 0 Å². The van der Waals surface area contributed by atoms with Crippen LogP contribution in [0.3, 0.4) is 0 Å². The van der Waals surface area contributed by atoms with Gasteiger partial charge in [-0.1, -0.05) is 24.3 Å². The number of fused-ring (bicyclic) bond motifs is 1. The van der Waals surface area contributed by atoms with Gasteiger partial charge in [0, 0.05) is 31.1 Å². The number of ether oxygens (including phenoxy) is 2. The summed E-state index contributed by atoms with van der Waals surface area (Å²) in [5.41, 5.74) is 2.02. The number of piperidine rings is 1. The average Bonchev–Trinajstić information content (AvgIpc) is 3.26. The predicted octanol–water partition coefficient (Wildman–Crippen LogP) is 3.62. The lowest BCUT2D eigenvalue weighted by Crippen LogP contribution is -2.40. The minimum atomic E-state index is 0.0728. The molecule has 1 atom stereocenters. The van der Waals surface area contributed by atoms with Gasteiger partial charge in [0.15, 0.2) is 11.5 Å². The van der Waals surface area contributed by atoms with E-state index in [0.717, 1.165) is 55.1 Å². The summed E-state index contributed by atoms with van der Waals surface area (Å²) in [6.07, 6.45) is 3.94. The van der Waals surface area contributed by atoms with E-state index in [-0.39, 0.29) is 29.9 Å². The Morgan fingerprint density at radius 3 is 2.60 bits per heavy atom. The molecule has 0 aromatic heterocycles. The van der Waals surface area contributed by atoms with Crippen LogP contribution in [-0.4, -0.2) is 36.6 Å². The highest BCUT2D eigenvalue weighted by Gasteiger charge is 2.58. The third kappa shape index (κ3) is 3.74. The summed E-state index contributed by atoms with van der Waals surface area (Å²) in [7, 11) is 0. The molecule has 156 valence electrons. The van der Waals surface area contributed by atoms with Gasteiger partial charge in [0.2, 0.25) is 18.6 Å². The lowest BCUT2D eigenvalue weighted by atomic mass is 9.90. The van der Waals surface area contributed by atoms with Crippen molar-refractivity contribution in [1.82, 2.24) is 4.90 Å². The van der Waals surface area contributed by atoms with Crippen LogP contribution < -0.4 is 14.8 Å². The van der Waals surface area contributed by atoms with Crippen molar-refractivity contribution in [3.63, 3.8) is 0 Å². The summed E-state index contributed by atoms with van der Waals surface area (Å²) in [6, 6.07) is 15.5. The first kappa shape index (κ1) is 19.0. The quantitative estimate of drug-likeness (QED) is 0.824. The Bertz CT molecular complexity index is 951. The Labute approximate surface area is 176 Å². The molecular formula is C24H26N2O4. The lowest BCUT2D eigenvalue weighted by molar-refractivity contribution is -0.132. The first-order valence-corrected chi connectivity index (χ1v) is 10.7. The third-order valence-electron chi connectivity index (χ3n) is 6.72. The molecule has 6 nitrogen and oxygen atoms in total. The number of nitrogens with one attached hydrogen (secondary N) is 1. The van der Waals surface area contributed by atoms with Crippen molar-refractivity contribution in [1.29, 1.82) is 0 Å². The predicted molar refractivity (Wildman–Crippen MR) is 112 cm³/mol. The highest BCUT2D eigenvalue weighted by molar-refractivity contribution is 5.95. The normalized spacial score (nSPS) is 20.8. The Hall–Kier alpha value is -3.02. The molecule has 30 heavy (non-hydrogen) atoms. The fourth-order valence-corrected chi connectivity index (χ4v) is 4.73. The summed E-state index contributed by atoms with van der Waals surface area (Å²) in [5.74, 6) is 1.90. The van der Waals surface area contributed by atoms with Crippen LogP contribution in [0.5, 0.6) is 11.5 Å². The van der Waals surface area contributed by atoms with Gasteiger partial charge >= 0.3 is 0 Å². The van der Waals surface area contributed by atoms with Crippen LogP contribution in [0, 0.1) is 11.3 Å². The number of para-hydroxylation sites is 1. The maximum Gasteiger partial charge on any atom is 0.231 e. The van der Waals surface area contributed by atoms with Crippen molar-refractivity contribution < 1.29 is 19.1 Å². The summed E-state index contributed by atoms with van der Waals surface area (Å²) < 4.78 is 10.7. The molecule has 6 heteroatoms. The molecule has 0 radical (unpaired) electrons. The van der Waals surface area contributed by atoms with Crippen LogP contribution in [0.15, 0.2) is 48.5 Å². The highest BCUT2D eigenvalue weighted by Crippen LogP contribution is 2.59. The zero-order valence-electron chi connectivity index (χ0n) is 16.9. The van der Waals surface area contributed by atoms with Gasteiger partial charge in [-0.2, -0.15) is 0 Å². The van der Waals surface area contributed by atoms with Crippen LogP contribution in [0.2, 0.25) is 0 Å². The molecule has 1 saturated heterocycles. The van der Waals surface area contributed by atoms with E-state index in [1.54, 1.807) is 0 Å². The number of aryl methyl sites for hydroxylation is 1. The van der Waals surface area contributed by atoms with Gasteiger partial charge in [0.05, 0.1) is 0 Å².